The Morgan fingerprint density at radius 2 is 2.00 bits per heavy atom. The Bertz CT molecular complexity index is 463. The molecule has 3 N–H and O–H groups in total. The Hall–Kier alpha value is -1.71. The van der Waals surface area contributed by atoms with Crippen LogP contribution in [0, 0.1) is 12.8 Å². The minimum absolute atomic E-state index is 0.0965. The predicted molar refractivity (Wildman–Crippen MR) is 75.7 cm³/mol. The first-order valence-electron chi connectivity index (χ1n) is 6.85. The Labute approximate surface area is 114 Å². The smallest absolute Gasteiger partial charge is 0.173 e. The lowest BCUT2D eigenvalue weighted by Gasteiger charge is -2.27. The van der Waals surface area contributed by atoms with Crippen LogP contribution in [0.4, 0.5) is 0 Å². The van der Waals surface area contributed by atoms with Gasteiger partial charge in [0.1, 0.15) is 5.75 Å². The van der Waals surface area contributed by atoms with Gasteiger partial charge in [0.15, 0.2) is 5.84 Å². The third kappa shape index (κ3) is 3.40. The molecule has 0 amide bonds. The first kappa shape index (κ1) is 13.7. The van der Waals surface area contributed by atoms with Crippen molar-refractivity contribution in [2.75, 3.05) is 0 Å². The molecule has 19 heavy (non-hydrogen) atoms. The van der Waals surface area contributed by atoms with Crippen molar-refractivity contribution in [3.63, 3.8) is 0 Å². The Morgan fingerprint density at radius 3 is 2.63 bits per heavy atom. The monoisotopic (exact) mass is 262 g/mol. The van der Waals surface area contributed by atoms with Crippen molar-refractivity contribution in [1.82, 2.24) is 0 Å². The van der Waals surface area contributed by atoms with Crippen LogP contribution < -0.4 is 10.5 Å². The maximum atomic E-state index is 8.83. The fourth-order valence-electron chi connectivity index (χ4n) is 2.52. The standard InChI is InChI=1S/C15H22N2O2/c1-10-3-6-12(7-4-10)19-14-9-11(2)5-8-13(14)15(16)17-18/h5,8-10,12,18H,3-4,6-7H2,1-2H3,(H2,16,17). The summed E-state index contributed by atoms with van der Waals surface area (Å²) in [5.41, 5.74) is 7.46. The Kier molecular flexibility index (Phi) is 4.30. The van der Waals surface area contributed by atoms with Crippen molar-refractivity contribution in [2.24, 2.45) is 16.8 Å². The first-order valence-corrected chi connectivity index (χ1v) is 6.85. The van der Waals surface area contributed by atoms with Crippen LogP contribution in [0.25, 0.3) is 0 Å². The number of nitrogens with two attached hydrogens (primary N) is 1. The van der Waals surface area contributed by atoms with E-state index in [1.165, 1.54) is 12.8 Å². The summed E-state index contributed by atoms with van der Waals surface area (Å²) in [6.07, 6.45) is 4.79. The van der Waals surface area contributed by atoms with Gasteiger partial charge < -0.3 is 15.7 Å². The van der Waals surface area contributed by atoms with Gasteiger partial charge in [-0.25, -0.2) is 0 Å². The highest BCUT2D eigenvalue weighted by Gasteiger charge is 2.21. The molecule has 104 valence electrons. The van der Waals surface area contributed by atoms with Crippen LogP contribution in [0.3, 0.4) is 0 Å². The van der Waals surface area contributed by atoms with Crippen LogP contribution in [0.1, 0.15) is 43.7 Å². The van der Waals surface area contributed by atoms with E-state index in [4.69, 9.17) is 15.7 Å². The van der Waals surface area contributed by atoms with Gasteiger partial charge in [0.05, 0.1) is 11.7 Å². The molecule has 0 unspecified atom stereocenters. The number of oxime groups is 1. The number of rotatable bonds is 3. The highest BCUT2D eigenvalue weighted by atomic mass is 16.5. The molecule has 1 aliphatic rings. The van der Waals surface area contributed by atoms with Crippen LogP contribution in [0.2, 0.25) is 0 Å². The summed E-state index contributed by atoms with van der Waals surface area (Å²) < 4.78 is 6.07. The van der Waals surface area contributed by atoms with Crippen LogP contribution >= 0.6 is 0 Å². The van der Waals surface area contributed by atoms with Crippen molar-refractivity contribution in [1.29, 1.82) is 0 Å². The van der Waals surface area contributed by atoms with Crippen molar-refractivity contribution >= 4 is 5.84 Å². The number of aryl methyl sites for hydroxylation is 1. The molecule has 0 aliphatic heterocycles. The third-order valence-electron chi connectivity index (χ3n) is 3.78. The summed E-state index contributed by atoms with van der Waals surface area (Å²) in [5, 5.41) is 11.9. The zero-order valence-corrected chi connectivity index (χ0v) is 11.6. The van der Waals surface area contributed by atoms with Crippen molar-refractivity contribution in [2.45, 2.75) is 45.6 Å². The maximum Gasteiger partial charge on any atom is 0.173 e. The average Bonchev–Trinajstić information content (AvgIpc) is 2.41. The number of amidine groups is 1. The molecule has 1 aliphatic carbocycles. The molecule has 1 aromatic carbocycles. The van der Waals surface area contributed by atoms with E-state index < -0.39 is 0 Å². The van der Waals surface area contributed by atoms with Crippen molar-refractivity contribution < 1.29 is 9.94 Å². The lowest BCUT2D eigenvalue weighted by atomic mass is 9.89. The number of hydrogen-bond acceptors (Lipinski definition) is 3. The number of ether oxygens (including phenoxy) is 1. The van der Waals surface area contributed by atoms with Crippen molar-refractivity contribution in [3.8, 4) is 5.75 Å². The summed E-state index contributed by atoms with van der Waals surface area (Å²) in [4.78, 5) is 0. The molecule has 1 fully saturated rings. The molecule has 0 radical (unpaired) electrons. The second kappa shape index (κ2) is 5.95. The van der Waals surface area contributed by atoms with Crippen LogP contribution in [0.15, 0.2) is 23.4 Å². The summed E-state index contributed by atoms with van der Waals surface area (Å²) >= 11 is 0. The van der Waals surface area contributed by atoms with E-state index >= 15 is 0 Å². The fraction of sp³-hybridized carbons (Fsp3) is 0.533. The maximum absolute atomic E-state index is 8.83. The van der Waals surface area contributed by atoms with Gasteiger partial charge in [0.25, 0.3) is 0 Å². The topological polar surface area (TPSA) is 67.8 Å². The molecule has 0 heterocycles. The second-order valence-electron chi connectivity index (χ2n) is 5.48. The second-order valence-corrected chi connectivity index (χ2v) is 5.48. The van der Waals surface area contributed by atoms with E-state index in [9.17, 15) is 0 Å². The lowest BCUT2D eigenvalue weighted by Crippen LogP contribution is -2.24. The van der Waals surface area contributed by atoms with E-state index in [-0.39, 0.29) is 11.9 Å². The fourth-order valence-corrected chi connectivity index (χ4v) is 2.52. The van der Waals surface area contributed by atoms with Crippen molar-refractivity contribution in [3.05, 3.63) is 29.3 Å². The molecule has 1 aromatic rings. The van der Waals surface area contributed by atoms with Crippen LogP contribution in [0.5, 0.6) is 5.75 Å². The molecule has 0 atom stereocenters. The normalized spacial score (nSPS) is 24.2. The average molecular weight is 262 g/mol. The summed E-state index contributed by atoms with van der Waals surface area (Å²) in [6.45, 7) is 4.29. The van der Waals surface area contributed by atoms with Gasteiger partial charge in [-0.2, -0.15) is 0 Å². The van der Waals surface area contributed by atoms with E-state index in [0.717, 1.165) is 30.1 Å². The number of hydrogen-bond donors (Lipinski definition) is 2. The summed E-state index contributed by atoms with van der Waals surface area (Å²) in [7, 11) is 0. The Balaban J connectivity index is 2.16. The highest BCUT2D eigenvalue weighted by Crippen LogP contribution is 2.29. The van der Waals surface area contributed by atoms with Crippen LogP contribution in [-0.2, 0) is 0 Å². The van der Waals surface area contributed by atoms with Crippen LogP contribution in [-0.4, -0.2) is 17.1 Å². The van der Waals surface area contributed by atoms with Gasteiger partial charge in [0, 0.05) is 0 Å². The van der Waals surface area contributed by atoms with Gasteiger partial charge in [-0.3, -0.25) is 0 Å². The molecule has 4 nitrogen and oxygen atoms in total. The van der Waals surface area contributed by atoms with E-state index in [0.29, 0.717) is 5.56 Å². The molecule has 1 saturated carbocycles. The number of benzene rings is 1. The number of nitrogens with zero attached hydrogens (tertiary/aromatic N) is 1. The molecule has 0 saturated heterocycles. The SMILES string of the molecule is Cc1ccc(C(N)=NO)c(OC2CCC(C)CC2)c1. The zero-order chi connectivity index (χ0) is 13.8. The molecule has 4 heteroatoms. The van der Waals surface area contributed by atoms with Gasteiger partial charge in [-0.15, -0.1) is 0 Å². The Morgan fingerprint density at radius 1 is 1.32 bits per heavy atom. The van der Waals surface area contributed by atoms with Gasteiger partial charge in [-0.05, 0) is 56.2 Å². The summed E-state index contributed by atoms with van der Waals surface area (Å²) in [5.74, 6) is 1.61. The van der Waals surface area contributed by atoms with E-state index in [2.05, 4.69) is 12.1 Å². The molecule has 0 bridgehead atoms. The molecule has 0 spiro atoms. The lowest BCUT2D eigenvalue weighted by molar-refractivity contribution is 0.135. The zero-order valence-electron chi connectivity index (χ0n) is 11.6. The quantitative estimate of drug-likeness (QED) is 0.381. The predicted octanol–water partition coefficient (Wildman–Crippen LogP) is 3.05. The largest absolute Gasteiger partial charge is 0.490 e. The molecule has 0 aromatic heterocycles. The van der Waals surface area contributed by atoms with Gasteiger partial charge >= 0.3 is 0 Å². The minimum atomic E-state index is 0.0965. The highest BCUT2D eigenvalue weighted by molar-refractivity contribution is 5.99. The molecular formula is C15H22N2O2. The first-order chi connectivity index (χ1) is 9.10. The molecular weight excluding hydrogens is 240 g/mol. The van der Waals surface area contributed by atoms with Gasteiger partial charge in [-0.1, -0.05) is 18.1 Å². The molecule has 2 rings (SSSR count). The summed E-state index contributed by atoms with van der Waals surface area (Å²) in [6, 6.07) is 5.72. The van der Waals surface area contributed by atoms with E-state index in [1.807, 2.05) is 25.1 Å². The van der Waals surface area contributed by atoms with E-state index in [1.54, 1.807) is 0 Å². The third-order valence-corrected chi connectivity index (χ3v) is 3.78. The van der Waals surface area contributed by atoms with Gasteiger partial charge in [0.2, 0.25) is 0 Å². The minimum Gasteiger partial charge on any atom is -0.490 e.